The number of hydrogen-bond donors (Lipinski definition) is 1. The predicted molar refractivity (Wildman–Crippen MR) is 73.4 cm³/mol. The highest BCUT2D eigenvalue weighted by atomic mass is 16.2. The first-order chi connectivity index (χ1) is 8.61. The van der Waals surface area contributed by atoms with Crippen LogP contribution in [0.25, 0.3) is 10.9 Å². The first-order valence-corrected chi connectivity index (χ1v) is 6.04. The van der Waals surface area contributed by atoms with E-state index in [1.54, 1.807) is 19.0 Å². The van der Waals surface area contributed by atoms with Gasteiger partial charge in [-0.1, -0.05) is 6.07 Å². The standard InChI is InChI=1S/C14H19N3O/c1-15-9-11-4-5-13-12(8-11)6-7-17(13)10-14(18)16(2)3/h4-8,15H,9-10H2,1-3H3. The van der Waals surface area contributed by atoms with Gasteiger partial charge in [0.2, 0.25) is 5.91 Å². The highest BCUT2D eigenvalue weighted by Crippen LogP contribution is 2.17. The molecular formula is C14H19N3O. The van der Waals surface area contributed by atoms with Gasteiger partial charge in [-0.05, 0) is 36.2 Å². The fraction of sp³-hybridized carbons (Fsp3) is 0.357. The number of rotatable bonds is 4. The van der Waals surface area contributed by atoms with Crippen LogP contribution in [0, 0.1) is 0 Å². The Hall–Kier alpha value is -1.81. The summed E-state index contributed by atoms with van der Waals surface area (Å²) in [6.07, 6.45) is 1.97. The summed E-state index contributed by atoms with van der Waals surface area (Å²) in [5, 5.41) is 4.31. The van der Waals surface area contributed by atoms with E-state index in [9.17, 15) is 4.79 Å². The number of nitrogens with one attached hydrogen (secondary N) is 1. The summed E-state index contributed by atoms with van der Waals surface area (Å²) in [7, 11) is 5.49. The number of likely N-dealkylation sites (N-methyl/N-ethyl adjacent to an activating group) is 1. The summed E-state index contributed by atoms with van der Waals surface area (Å²) in [4.78, 5) is 13.3. The smallest absolute Gasteiger partial charge is 0.241 e. The molecule has 0 aliphatic rings. The van der Waals surface area contributed by atoms with Gasteiger partial charge in [-0.25, -0.2) is 0 Å². The number of benzene rings is 1. The SMILES string of the molecule is CNCc1ccc2c(ccn2CC(=O)N(C)C)c1. The molecule has 0 radical (unpaired) electrons. The summed E-state index contributed by atoms with van der Waals surface area (Å²) in [5.41, 5.74) is 2.35. The maximum absolute atomic E-state index is 11.7. The molecule has 0 saturated heterocycles. The van der Waals surface area contributed by atoms with Gasteiger partial charge in [-0.15, -0.1) is 0 Å². The average Bonchev–Trinajstić information content (AvgIpc) is 2.72. The second-order valence-electron chi connectivity index (χ2n) is 4.66. The van der Waals surface area contributed by atoms with Crippen molar-refractivity contribution in [2.45, 2.75) is 13.1 Å². The van der Waals surface area contributed by atoms with Crippen molar-refractivity contribution >= 4 is 16.8 Å². The third-order valence-corrected chi connectivity index (χ3v) is 3.02. The number of nitrogens with zero attached hydrogens (tertiary/aromatic N) is 2. The van der Waals surface area contributed by atoms with Gasteiger partial charge in [0.25, 0.3) is 0 Å². The number of fused-ring (bicyclic) bond motifs is 1. The first-order valence-electron chi connectivity index (χ1n) is 6.04. The van der Waals surface area contributed by atoms with Crippen LogP contribution >= 0.6 is 0 Å². The highest BCUT2D eigenvalue weighted by Gasteiger charge is 2.08. The fourth-order valence-electron chi connectivity index (χ4n) is 1.99. The maximum atomic E-state index is 11.7. The molecular weight excluding hydrogens is 226 g/mol. The molecule has 2 rings (SSSR count). The molecule has 18 heavy (non-hydrogen) atoms. The molecule has 0 spiro atoms. The molecule has 1 N–H and O–H groups in total. The lowest BCUT2D eigenvalue weighted by molar-refractivity contribution is -0.129. The monoisotopic (exact) mass is 245 g/mol. The molecule has 2 aromatic rings. The molecule has 1 aromatic heterocycles. The number of hydrogen-bond acceptors (Lipinski definition) is 2. The normalized spacial score (nSPS) is 10.8. The third-order valence-electron chi connectivity index (χ3n) is 3.02. The predicted octanol–water partition coefficient (Wildman–Crippen LogP) is 1.45. The highest BCUT2D eigenvalue weighted by molar-refractivity contribution is 5.83. The molecule has 0 aliphatic heterocycles. The second-order valence-corrected chi connectivity index (χ2v) is 4.66. The molecule has 1 amide bonds. The minimum atomic E-state index is 0.104. The summed E-state index contributed by atoms with van der Waals surface area (Å²) in [6, 6.07) is 8.38. The zero-order valence-electron chi connectivity index (χ0n) is 11.1. The largest absolute Gasteiger partial charge is 0.347 e. The number of aromatic nitrogens is 1. The van der Waals surface area contributed by atoms with E-state index >= 15 is 0 Å². The number of carbonyl (C=O) groups excluding carboxylic acids is 1. The topological polar surface area (TPSA) is 37.3 Å². The summed E-state index contributed by atoms with van der Waals surface area (Å²) in [5.74, 6) is 0.104. The van der Waals surface area contributed by atoms with Crippen molar-refractivity contribution in [2.75, 3.05) is 21.1 Å². The van der Waals surface area contributed by atoms with Crippen LogP contribution < -0.4 is 5.32 Å². The minimum absolute atomic E-state index is 0.104. The molecule has 0 bridgehead atoms. The third kappa shape index (κ3) is 2.54. The Morgan fingerprint density at radius 1 is 1.33 bits per heavy atom. The molecule has 1 aromatic carbocycles. The van der Waals surface area contributed by atoms with E-state index in [0.717, 1.165) is 12.1 Å². The van der Waals surface area contributed by atoms with Gasteiger partial charge in [-0.3, -0.25) is 4.79 Å². The molecule has 4 heteroatoms. The zero-order valence-corrected chi connectivity index (χ0v) is 11.1. The lowest BCUT2D eigenvalue weighted by Crippen LogP contribution is -2.25. The Morgan fingerprint density at radius 2 is 2.11 bits per heavy atom. The van der Waals surface area contributed by atoms with Crippen molar-refractivity contribution in [3.8, 4) is 0 Å². The van der Waals surface area contributed by atoms with Crippen LogP contribution in [0.5, 0.6) is 0 Å². The Kier molecular flexibility index (Phi) is 3.67. The van der Waals surface area contributed by atoms with Gasteiger partial charge in [0.05, 0.1) is 0 Å². The van der Waals surface area contributed by atoms with Crippen molar-refractivity contribution in [1.82, 2.24) is 14.8 Å². The summed E-state index contributed by atoms with van der Waals surface area (Å²) >= 11 is 0. The van der Waals surface area contributed by atoms with Crippen molar-refractivity contribution in [3.63, 3.8) is 0 Å². The molecule has 0 saturated carbocycles. The van der Waals surface area contributed by atoms with Gasteiger partial charge in [0.15, 0.2) is 0 Å². The van der Waals surface area contributed by atoms with Crippen LogP contribution in [-0.4, -0.2) is 36.5 Å². The zero-order chi connectivity index (χ0) is 13.1. The van der Waals surface area contributed by atoms with E-state index < -0.39 is 0 Å². The Morgan fingerprint density at radius 3 is 2.78 bits per heavy atom. The van der Waals surface area contributed by atoms with E-state index in [2.05, 4.69) is 29.6 Å². The summed E-state index contributed by atoms with van der Waals surface area (Å²) < 4.78 is 1.99. The minimum Gasteiger partial charge on any atom is -0.347 e. The number of amides is 1. The Balaban J connectivity index is 2.28. The maximum Gasteiger partial charge on any atom is 0.241 e. The molecule has 1 heterocycles. The van der Waals surface area contributed by atoms with Crippen LogP contribution in [0.1, 0.15) is 5.56 Å². The van der Waals surface area contributed by atoms with Crippen molar-refractivity contribution in [2.24, 2.45) is 0 Å². The van der Waals surface area contributed by atoms with Crippen LogP contribution in [-0.2, 0) is 17.9 Å². The van der Waals surface area contributed by atoms with Gasteiger partial charge in [0.1, 0.15) is 6.54 Å². The van der Waals surface area contributed by atoms with E-state index in [0.29, 0.717) is 6.54 Å². The van der Waals surface area contributed by atoms with Crippen molar-refractivity contribution < 1.29 is 4.79 Å². The average molecular weight is 245 g/mol. The lowest BCUT2D eigenvalue weighted by atomic mass is 10.1. The number of carbonyl (C=O) groups is 1. The Labute approximate surface area is 107 Å². The summed E-state index contributed by atoms with van der Waals surface area (Å²) in [6.45, 7) is 1.25. The molecule has 96 valence electrons. The van der Waals surface area contributed by atoms with E-state index in [1.165, 1.54) is 10.9 Å². The van der Waals surface area contributed by atoms with Crippen molar-refractivity contribution in [1.29, 1.82) is 0 Å². The van der Waals surface area contributed by atoms with Crippen molar-refractivity contribution in [3.05, 3.63) is 36.0 Å². The fourth-order valence-corrected chi connectivity index (χ4v) is 1.99. The molecule has 0 unspecified atom stereocenters. The second kappa shape index (κ2) is 5.23. The molecule has 0 aliphatic carbocycles. The van der Waals surface area contributed by atoms with Gasteiger partial charge >= 0.3 is 0 Å². The van der Waals surface area contributed by atoms with E-state index in [1.807, 2.05) is 17.8 Å². The molecule has 0 atom stereocenters. The quantitative estimate of drug-likeness (QED) is 0.885. The molecule has 0 fully saturated rings. The van der Waals surface area contributed by atoms with E-state index in [4.69, 9.17) is 0 Å². The van der Waals surface area contributed by atoms with Crippen LogP contribution in [0.15, 0.2) is 30.5 Å². The van der Waals surface area contributed by atoms with Crippen LogP contribution in [0.2, 0.25) is 0 Å². The van der Waals surface area contributed by atoms with Gasteiger partial charge in [0, 0.05) is 32.4 Å². The van der Waals surface area contributed by atoms with Gasteiger partial charge in [-0.2, -0.15) is 0 Å². The first kappa shape index (κ1) is 12.6. The van der Waals surface area contributed by atoms with Gasteiger partial charge < -0.3 is 14.8 Å². The van der Waals surface area contributed by atoms with Crippen LogP contribution in [0.3, 0.4) is 0 Å². The lowest BCUT2D eigenvalue weighted by Gasteiger charge is -2.11. The van der Waals surface area contributed by atoms with Crippen LogP contribution in [0.4, 0.5) is 0 Å². The molecule has 4 nitrogen and oxygen atoms in total. The Bertz CT molecular complexity index is 557. The van der Waals surface area contributed by atoms with E-state index in [-0.39, 0.29) is 5.91 Å².